The molecule has 0 aromatic carbocycles. The molecule has 0 bridgehead atoms. The van der Waals surface area contributed by atoms with Crippen molar-refractivity contribution in [1.29, 1.82) is 0 Å². The first kappa shape index (κ1) is 14.1. The molecule has 1 rings (SSSR count). The normalized spacial score (nSPS) is 11.3. The molecule has 0 radical (unpaired) electrons. The van der Waals surface area contributed by atoms with E-state index in [-0.39, 0.29) is 12.1 Å². The molecule has 1 amide bonds. The van der Waals surface area contributed by atoms with Gasteiger partial charge >= 0.3 is 5.69 Å². The summed E-state index contributed by atoms with van der Waals surface area (Å²) in [6.45, 7) is 0.605. The molecule has 0 atom stereocenters. The first-order valence-corrected chi connectivity index (χ1v) is 5.24. The molecular weight excluding hydrogens is 242 g/mol. The lowest BCUT2D eigenvalue weighted by Gasteiger charge is -2.26. The first-order valence-electron chi connectivity index (χ1n) is 5.24. The summed E-state index contributed by atoms with van der Waals surface area (Å²) < 4.78 is 0. The fraction of sp³-hybridized carbons (Fsp3) is 0.500. The minimum atomic E-state index is -1.14. The lowest BCUT2D eigenvalue weighted by Crippen LogP contribution is -2.52. The van der Waals surface area contributed by atoms with Gasteiger partial charge in [-0.25, -0.2) is 4.79 Å². The predicted octanol–water partition coefficient (Wildman–Crippen LogP) is -2.53. The maximum atomic E-state index is 11.6. The fourth-order valence-corrected chi connectivity index (χ4v) is 1.30. The maximum Gasteiger partial charge on any atom is 0.325 e. The Kier molecular flexibility index (Phi) is 4.40. The zero-order valence-corrected chi connectivity index (χ0v) is 9.82. The van der Waals surface area contributed by atoms with E-state index in [9.17, 15) is 14.4 Å². The summed E-state index contributed by atoms with van der Waals surface area (Å²) >= 11 is 0. The van der Waals surface area contributed by atoms with Gasteiger partial charge in [0.05, 0.1) is 25.2 Å². The van der Waals surface area contributed by atoms with Gasteiger partial charge in [0.2, 0.25) is 5.91 Å². The zero-order chi connectivity index (χ0) is 13.8. The smallest absolute Gasteiger partial charge is 0.325 e. The molecule has 1 heterocycles. The van der Waals surface area contributed by atoms with Crippen LogP contribution in [0.3, 0.4) is 0 Å². The summed E-state index contributed by atoms with van der Waals surface area (Å²) in [6, 6.07) is 1.09. The van der Waals surface area contributed by atoms with Gasteiger partial charge in [0.15, 0.2) is 0 Å². The Morgan fingerprint density at radius 3 is 2.44 bits per heavy atom. The number of carbonyl (C=O) groups is 1. The van der Waals surface area contributed by atoms with Gasteiger partial charge in [0.25, 0.3) is 5.56 Å². The highest BCUT2D eigenvalue weighted by atomic mass is 16.3. The third kappa shape index (κ3) is 3.82. The van der Waals surface area contributed by atoms with Gasteiger partial charge in [-0.15, -0.1) is 0 Å². The van der Waals surface area contributed by atoms with Crippen molar-refractivity contribution in [2.75, 3.05) is 13.2 Å². The molecule has 0 spiro atoms. The van der Waals surface area contributed by atoms with Crippen molar-refractivity contribution in [3.8, 4) is 0 Å². The van der Waals surface area contributed by atoms with Gasteiger partial charge in [-0.1, -0.05) is 0 Å². The topological polar surface area (TPSA) is 135 Å². The lowest BCUT2D eigenvalue weighted by atomic mass is 10.1. The number of amides is 1. The van der Waals surface area contributed by atoms with Crippen LogP contribution in [0.5, 0.6) is 0 Å². The number of aromatic amines is 2. The van der Waals surface area contributed by atoms with Crippen LogP contribution in [0.1, 0.15) is 12.6 Å². The van der Waals surface area contributed by atoms with Gasteiger partial charge in [-0.2, -0.15) is 0 Å². The van der Waals surface area contributed by atoms with E-state index < -0.39 is 35.9 Å². The Bertz CT molecular complexity index is 501. The number of H-pyrrole nitrogens is 2. The number of rotatable bonds is 5. The van der Waals surface area contributed by atoms with E-state index in [1.165, 1.54) is 6.92 Å². The monoisotopic (exact) mass is 257 g/mol. The van der Waals surface area contributed by atoms with Crippen molar-refractivity contribution in [2.45, 2.75) is 18.9 Å². The molecule has 0 aliphatic heterocycles. The first-order chi connectivity index (χ1) is 8.38. The average molecular weight is 257 g/mol. The Hall–Kier alpha value is -1.93. The average Bonchev–Trinajstić information content (AvgIpc) is 2.27. The van der Waals surface area contributed by atoms with E-state index in [1.807, 2.05) is 4.98 Å². The Labute approximate surface area is 102 Å². The quantitative estimate of drug-likeness (QED) is 0.396. The summed E-state index contributed by atoms with van der Waals surface area (Å²) in [5.41, 5.74) is -2.29. The van der Waals surface area contributed by atoms with E-state index in [2.05, 4.69) is 10.3 Å². The second-order valence-electron chi connectivity index (χ2n) is 4.21. The molecule has 8 heteroatoms. The van der Waals surface area contributed by atoms with Crippen molar-refractivity contribution < 1.29 is 15.0 Å². The van der Waals surface area contributed by atoms with Crippen LogP contribution in [-0.2, 0) is 11.2 Å². The predicted molar refractivity (Wildman–Crippen MR) is 62.1 cm³/mol. The molecule has 18 heavy (non-hydrogen) atoms. The van der Waals surface area contributed by atoms with Crippen LogP contribution in [0.4, 0.5) is 0 Å². The highest BCUT2D eigenvalue weighted by Crippen LogP contribution is 2.01. The molecule has 100 valence electrons. The molecule has 0 saturated heterocycles. The van der Waals surface area contributed by atoms with Gasteiger partial charge < -0.3 is 20.5 Å². The minimum Gasteiger partial charge on any atom is -0.394 e. The van der Waals surface area contributed by atoms with E-state index in [0.717, 1.165) is 6.07 Å². The van der Waals surface area contributed by atoms with Crippen molar-refractivity contribution in [3.05, 3.63) is 32.6 Å². The second kappa shape index (κ2) is 5.61. The molecule has 0 aliphatic rings. The number of aliphatic hydroxyl groups excluding tert-OH is 2. The fourth-order valence-electron chi connectivity index (χ4n) is 1.30. The van der Waals surface area contributed by atoms with Crippen LogP contribution in [-0.4, -0.2) is 44.8 Å². The highest BCUT2D eigenvalue weighted by molar-refractivity contribution is 5.78. The number of nitrogens with one attached hydrogen (secondary N) is 3. The van der Waals surface area contributed by atoms with Crippen LogP contribution in [0.25, 0.3) is 0 Å². The summed E-state index contributed by atoms with van der Waals surface area (Å²) in [5.74, 6) is -0.526. The van der Waals surface area contributed by atoms with Crippen LogP contribution >= 0.6 is 0 Å². The summed E-state index contributed by atoms with van der Waals surface area (Å²) in [4.78, 5) is 37.9. The molecule has 0 unspecified atom stereocenters. The number of aromatic nitrogens is 2. The van der Waals surface area contributed by atoms with E-state index in [4.69, 9.17) is 10.2 Å². The van der Waals surface area contributed by atoms with Gasteiger partial charge in [-0.05, 0) is 6.92 Å². The summed E-state index contributed by atoms with van der Waals surface area (Å²) in [7, 11) is 0. The standard InChI is InChI=1S/C10H15N3O5/c1-10(4-14,5-15)13-8(17)3-6-2-7(16)12-9(18)11-6/h2,14-15H,3-5H2,1H3,(H,13,17)(H2,11,12,16,18). The summed E-state index contributed by atoms with van der Waals surface area (Å²) in [6.07, 6.45) is -0.227. The van der Waals surface area contributed by atoms with Gasteiger partial charge in [0, 0.05) is 11.8 Å². The van der Waals surface area contributed by atoms with Gasteiger partial charge in [-0.3, -0.25) is 14.6 Å². The van der Waals surface area contributed by atoms with Crippen LogP contribution in [0.15, 0.2) is 15.7 Å². The lowest BCUT2D eigenvalue weighted by molar-refractivity contribution is -0.123. The van der Waals surface area contributed by atoms with Crippen molar-refractivity contribution in [1.82, 2.24) is 15.3 Å². The molecule has 1 aromatic heterocycles. The Balaban J connectivity index is 2.76. The van der Waals surface area contributed by atoms with Crippen molar-refractivity contribution >= 4 is 5.91 Å². The molecule has 8 nitrogen and oxygen atoms in total. The number of hydrogen-bond acceptors (Lipinski definition) is 5. The van der Waals surface area contributed by atoms with Crippen LogP contribution in [0.2, 0.25) is 0 Å². The van der Waals surface area contributed by atoms with Crippen LogP contribution < -0.4 is 16.6 Å². The number of hydrogen-bond donors (Lipinski definition) is 5. The van der Waals surface area contributed by atoms with E-state index in [1.54, 1.807) is 0 Å². The molecule has 5 N–H and O–H groups in total. The Morgan fingerprint density at radius 1 is 1.33 bits per heavy atom. The van der Waals surface area contributed by atoms with E-state index in [0.29, 0.717) is 0 Å². The third-order valence-corrected chi connectivity index (χ3v) is 2.31. The minimum absolute atomic E-state index is 0.152. The summed E-state index contributed by atoms with van der Waals surface area (Å²) in [5, 5.41) is 20.4. The largest absolute Gasteiger partial charge is 0.394 e. The molecule has 1 aromatic rings. The highest BCUT2D eigenvalue weighted by Gasteiger charge is 2.24. The van der Waals surface area contributed by atoms with E-state index >= 15 is 0 Å². The molecular formula is C10H15N3O5. The van der Waals surface area contributed by atoms with Crippen molar-refractivity contribution in [2.24, 2.45) is 0 Å². The number of aliphatic hydroxyl groups is 2. The second-order valence-corrected chi connectivity index (χ2v) is 4.21. The maximum absolute atomic E-state index is 11.6. The molecule has 0 fully saturated rings. The third-order valence-electron chi connectivity index (χ3n) is 2.31. The SMILES string of the molecule is CC(CO)(CO)NC(=O)Cc1cc(=O)[nH]c(=O)[nH]1. The Morgan fingerprint density at radius 2 is 1.94 bits per heavy atom. The molecule has 0 aliphatic carbocycles. The number of carbonyl (C=O) groups excluding carboxylic acids is 1. The van der Waals surface area contributed by atoms with Gasteiger partial charge in [0.1, 0.15) is 0 Å². The van der Waals surface area contributed by atoms with Crippen LogP contribution in [0, 0.1) is 0 Å². The van der Waals surface area contributed by atoms with Crippen molar-refractivity contribution in [3.63, 3.8) is 0 Å². The zero-order valence-electron chi connectivity index (χ0n) is 9.82. The molecule has 0 saturated carbocycles.